The van der Waals surface area contributed by atoms with Gasteiger partial charge in [-0.25, -0.2) is 9.97 Å². The van der Waals surface area contributed by atoms with Crippen molar-refractivity contribution in [2.45, 2.75) is 32.5 Å². The number of nitrogens with zero attached hydrogens (tertiary/aromatic N) is 2. The molecule has 0 amide bonds. The van der Waals surface area contributed by atoms with Gasteiger partial charge >= 0.3 is 0 Å². The summed E-state index contributed by atoms with van der Waals surface area (Å²) in [6.45, 7) is 3.38. The molecule has 0 bridgehead atoms. The van der Waals surface area contributed by atoms with E-state index in [1.807, 2.05) is 0 Å². The van der Waals surface area contributed by atoms with E-state index in [0.717, 1.165) is 27.5 Å². The number of anilines is 1. The molecule has 2 rings (SSSR count). The highest BCUT2D eigenvalue weighted by Gasteiger charge is 2.35. The van der Waals surface area contributed by atoms with Crippen LogP contribution in [0.15, 0.2) is 0 Å². The molecule has 1 aromatic heterocycles. The Morgan fingerprint density at radius 3 is 2.63 bits per heavy atom. The molecule has 0 aromatic carbocycles. The molecule has 1 aromatic rings. The van der Waals surface area contributed by atoms with Crippen LogP contribution in [0, 0.1) is 9.49 Å². The summed E-state index contributed by atoms with van der Waals surface area (Å²) in [6.07, 6.45) is 2.40. The van der Waals surface area contributed by atoms with Gasteiger partial charge in [0.05, 0.1) is 15.9 Å². The maximum absolute atomic E-state index is 5.57. The van der Waals surface area contributed by atoms with Crippen molar-refractivity contribution in [3.05, 3.63) is 15.1 Å². The number of hydrogen-bond acceptors (Lipinski definition) is 5. The molecular weight excluding hydrogens is 357 g/mol. The molecule has 1 aliphatic rings. The van der Waals surface area contributed by atoms with Crippen LogP contribution in [-0.2, 0) is 16.1 Å². The van der Waals surface area contributed by atoms with E-state index in [1.165, 1.54) is 12.8 Å². The highest BCUT2D eigenvalue weighted by molar-refractivity contribution is 14.1. The van der Waals surface area contributed by atoms with Crippen LogP contribution in [0.1, 0.15) is 37.4 Å². The van der Waals surface area contributed by atoms with E-state index in [0.29, 0.717) is 12.5 Å². The minimum Gasteiger partial charge on any atom is -0.378 e. The molecule has 1 unspecified atom stereocenters. The summed E-state index contributed by atoms with van der Waals surface area (Å²) in [4.78, 5) is 9.26. The number of aromatic nitrogens is 2. The molecular formula is C13H20IN3O2. The molecule has 1 saturated carbocycles. The number of ether oxygens (including phenoxy) is 2. The second kappa shape index (κ2) is 6.81. The van der Waals surface area contributed by atoms with Crippen LogP contribution < -0.4 is 5.32 Å². The van der Waals surface area contributed by atoms with E-state index in [-0.39, 0.29) is 6.10 Å². The van der Waals surface area contributed by atoms with Gasteiger partial charge in [-0.1, -0.05) is 0 Å². The van der Waals surface area contributed by atoms with Gasteiger partial charge in [0.15, 0.2) is 5.82 Å². The molecule has 1 atom stereocenters. The molecule has 1 N–H and O–H groups in total. The Balaban J connectivity index is 2.36. The Morgan fingerprint density at radius 2 is 2.11 bits per heavy atom. The van der Waals surface area contributed by atoms with E-state index < -0.39 is 0 Å². The average Bonchev–Trinajstić information content (AvgIpc) is 3.21. The van der Waals surface area contributed by atoms with Crippen molar-refractivity contribution in [3.63, 3.8) is 0 Å². The number of methoxy groups -OCH3 is 2. The maximum Gasteiger partial charge on any atom is 0.160 e. The topological polar surface area (TPSA) is 56.3 Å². The first-order valence-corrected chi connectivity index (χ1v) is 7.61. The summed E-state index contributed by atoms with van der Waals surface area (Å²) in [5.74, 6) is 2.21. The van der Waals surface area contributed by atoms with Gasteiger partial charge in [-0.05, 0) is 48.3 Å². The Kier molecular flexibility index (Phi) is 5.35. The van der Waals surface area contributed by atoms with Crippen LogP contribution >= 0.6 is 22.6 Å². The minimum atomic E-state index is 0.00464. The first-order valence-electron chi connectivity index (χ1n) is 6.53. The van der Waals surface area contributed by atoms with Crippen molar-refractivity contribution >= 4 is 28.4 Å². The number of rotatable bonds is 7. The van der Waals surface area contributed by atoms with Gasteiger partial charge in [-0.15, -0.1) is 0 Å². The summed E-state index contributed by atoms with van der Waals surface area (Å²) in [7, 11) is 3.41. The van der Waals surface area contributed by atoms with Crippen molar-refractivity contribution in [3.8, 4) is 0 Å². The molecule has 1 heterocycles. The van der Waals surface area contributed by atoms with E-state index in [1.54, 1.807) is 14.2 Å². The largest absolute Gasteiger partial charge is 0.378 e. The lowest BCUT2D eigenvalue weighted by molar-refractivity contribution is 0.0765. The molecule has 0 spiro atoms. The molecule has 0 saturated heterocycles. The van der Waals surface area contributed by atoms with E-state index in [2.05, 4.69) is 44.8 Å². The second-order valence-electron chi connectivity index (χ2n) is 4.65. The zero-order valence-electron chi connectivity index (χ0n) is 11.6. The Labute approximate surface area is 127 Å². The van der Waals surface area contributed by atoms with Gasteiger partial charge in [0, 0.05) is 20.8 Å². The monoisotopic (exact) mass is 377 g/mol. The van der Waals surface area contributed by atoms with Crippen LogP contribution in [-0.4, -0.2) is 30.7 Å². The standard InChI is InChI=1S/C13H20IN3O2/c1-4-15-12-10(14)9(7-18-2)16-13(17-12)11(19-3)8-5-6-8/h8,11H,4-7H2,1-3H3,(H,15,16,17). The van der Waals surface area contributed by atoms with Gasteiger partial charge in [0.25, 0.3) is 0 Å². The van der Waals surface area contributed by atoms with Crippen LogP contribution in [0.25, 0.3) is 0 Å². The quantitative estimate of drug-likeness (QED) is 0.741. The molecule has 1 fully saturated rings. The summed E-state index contributed by atoms with van der Waals surface area (Å²) in [6, 6.07) is 0. The number of halogens is 1. The minimum absolute atomic E-state index is 0.00464. The van der Waals surface area contributed by atoms with Crippen molar-refractivity contribution in [1.82, 2.24) is 9.97 Å². The lowest BCUT2D eigenvalue weighted by atomic mass is 10.2. The predicted octanol–water partition coefficient (Wildman–Crippen LogP) is 2.76. The third-order valence-corrected chi connectivity index (χ3v) is 4.25. The Hall–Kier alpha value is -0.470. The fourth-order valence-electron chi connectivity index (χ4n) is 2.06. The molecule has 19 heavy (non-hydrogen) atoms. The van der Waals surface area contributed by atoms with E-state index >= 15 is 0 Å². The summed E-state index contributed by atoms with van der Waals surface area (Å²) in [5.41, 5.74) is 0.923. The molecule has 0 aliphatic heterocycles. The molecule has 6 heteroatoms. The predicted molar refractivity (Wildman–Crippen MR) is 82.1 cm³/mol. The van der Waals surface area contributed by atoms with Crippen molar-refractivity contribution in [1.29, 1.82) is 0 Å². The number of hydrogen-bond donors (Lipinski definition) is 1. The van der Waals surface area contributed by atoms with Crippen LogP contribution in [0.3, 0.4) is 0 Å². The Bertz CT molecular complexity index is 411. The van der Waals surface area contributed by atoms with Gasteiger partial charge in [0.1, 0.15) is 11.9 Å². The molecule has 106 valence electrons. The third kappa shape index (κ3) is 3.55. The second-order valence-corrected chi connectivity index (χ2v) is 5.73. The van der Waals surface area contributed by atoms with Crippen LogP contribution in [0.5, 0.6) is 0 Å². The van der Waals surface area contributed by atoms with Gasteiger partial charge < -0.3 is 14.8 Å². The average molecular weight is 377 g/mol. The smallest absolute Gasteiger partial charge is 0.160 e. The number of nitrogens with one attached hydrogen (secondary N) is 1. The highest BCUT2D eigenvalue weighted by atomic mass is 127. The molecule has 0 radical (unpaired) electrons. The van der Waals surface area contributed by atoms with Gasteiger partial charge in [-0.2, -0.15) is 0 Å². The van der Waals surface area contributed by atoms with Crippen molar-refractivity contribution < 1.29 is 9.47 Å². The van der Waals surface area contributed by atoms with Crippen LogP contribution in [0.4, 0.5) is 5.82 Å². The van der Waals surface area contributed by atoms with Crippen molar-refractivity contribution in [2.75, 3.05) is 26.1 Å². The highest BCUT2D eigenvalue weighted by Crippen LogP contribution is 2.42. The van der Waals surface area contributed by atoms with Gasteiger partial charge in [0.2, 0.25) is 0 Å². The molecule has 5 nitrogen and oxygen atoms in total. The Morgan fingerprint density at radius 1 is 1.37 bits per heavy atom. The van der Waals surface area contributed by atoms with Crippen LogP contribution in [0.2, 0.25) is 0 Å². The zero-order valence-corrected chi connectivity index (χ0v) is 13.7. The van der Waals surface area contributed by atoms with Gasteiger partial charge in [-0.3, -0.25) is 0 Å². The lowest BCUT2D eigenvalue weighted by Gasteiger charge is -2.17. The lowest BCUT2D eigenvalue weighted by Crippen LogP contribution is -2.15. The fourth-order valence-corrected chi connectivity index (χ4v) is 2.65. The first-order chi connectivity index (χ1) is 9.21. The van der Waals surface area contributed by atoms with E-state index in [9.17, 15) is 0 Å². The third-order valence-electron chi connectivity index (χ3n) is 3.12. The summed E-state index contributed by atoms with van der Waals surface area (Å²) >= 11 is 2.26. The maximum atomic E-state index is 5.57. The fraction of sp³-hybridized carbons (Fsp3) is 0.692. The SMILES string of the molecule is CCNc1nc(C(OC)C2CC2)nc(COC)c1I. The molecule has 1 aliphatic carbocycles. The first kappa shape index (κ1) is 14.9. The van der Waals surface area contributed by atoms with Crippen molar-refractivity contribution in [2.24, 2.45) is 5.92 Å². The van der Waals surface area contributed by atoms with E-state index in [4.69, 9.17) is 9.47 Å². The summed E-state index contributed by atoms with van der Waals surface area (Å²) in [5, 5.41) is 3.28. The summed E-state index contributed by atoms with van der Waals surface area (Å²) < 4.78 is 11.8. The zero-order chi connectivity index (χ0) is 13.8. The normalized spacial score (nSPS) is 16.4.